The molecule has 2 bridgehead atoms. The lowest BCUT2D eigenvalue weighted by atomic mass is 10.2. The first-order valence-corrected chi connectivity index (χ1v) is 9.29. The van der Waals surface area contributed by atoms with Crippen LogP contribution in [0.3, 0.4) is 0 Å². The van der Waals surface area contributed by atoms with E-state index in [-0.39, 0.29) is 6.04 Å². The van der Waals surface area contributed by atoms with Gasteiger partial charge in [-0.2, -0.15) is 4.31 Å². The Labute approximate surface area is 127 Å². The van der Waals surface area contributed by atoms with Crippen molar-refractivity contribution < 1.29 is 8.42 Å². The molecule has 0 N–H and O–H groups in total. The van der Waals surface area contributed by atoms with Gasteiger partial charge in [-0.25, -0.2) is 8.42 Å². The maximum absolute atomic E-state index is 12.8. The minimum atomic E-state index is -3.32. The number of aryl methyl sites for hydroxylation is 1. The largest absolute Gasteiger partial charge is 0.297 e. The zero-order valence-corrected chi connectivity index (χ0v) is 13.6. The van der Waals surface area contributed by atoms with Crippen LogP contribution in [0.25, 0.3) is 0 Å². The third kappa shape index (κ3) is 2.74. The fourth-order valence-electron chi connectivity index (χ4n) is 3.49. The summed E-state index contributed by atoms with van der Waals surface area (Å²) >= 11 is 0. The van der Waals surface area contributed by atoms with Gasteiger partial charge in [0.05, 0.1) is 4.90 Å². The third-order valence-corrected chi connectivity index (χ3v) is 6.66. The molecule has 2 saturated heterocycles. The number of benzene rings is 1. The first-order valence-electron chi connectivity index (χ1n) is 7.85. The van der Waals surface area contributed by atoms with Crippen LogP contribution in [0.4, 0.5) is 0 Å². The molecular formula is C16H24N2O2S. The molecule has 0 amide bonds. The van der Waals surface area contributed by atoms with Crippen molar-refractivity contribution in [2.75, 3.05) is 19.6 Å². The maximum atomic E-state index is 12.8. The van der Waals surface area contributed by atoms with Crippen LogP contribution in [0.1, 0.15) is 31.7 Å². The van der Waals surface area contributed by atoms with Crippen molar-refractivity contribution in [3.05, 3.63) is 29.8 Å². The highest BCUT2D eigenvalue weighted by Crippen LogP contribution is 2.35. The average Bonchev–Trinajstić information content (AvgIpc) is 3.05. The van der Waals surface area contributed by atoms with Crippen molar-refractivity contribution in [2.24, 2.45) is 0 Å². The fraction of sp³-hybridized carbons (Fsp3) is 0.625. The van der Waals surface area contributed by atoms with Crippen molar-refractivity contribution in [3.8, 4) is 0 Å². The van der Waals surface area contributed by atoms with Crippen molar-refractivity contribution in [1.29, 1.82) is 0 Å². The van der Waals surface area contributed by atoms with Crippen LogP contribution in [0.15, 0.2) is 29.2 Å². The Hall–Kier alpha value is -0.910. The molecule has 1 aromatic carbocycles. The van der Waals surface area contributed by atoms with E-state index in [0.29, 0.717) is 17.5 Å². The van der Waals surface area contributed by atoms with Gasteiger partial charge in [-0.05, 0) is 38.4 Å². The van der Waals surface area contributed by atoms with E-state index in [1.165, 1.54) is 12.8 Å². The van der Waals surface area contributed by atoms with E-state index in [9.17, 15) is 8.42 Å². The smallest absolute Gasteiger partial charge is 0.243 e. The van der Waals surface area contributed by atoms with Crippen LogP contribution >= 0.6 is 0 Å². The van der Waals surface area contributed by atoms with Crippen LogP contribution < -0.4 is 0 Å². The van der Waals surface area contributed by atoms with Gasteiger partial charge >= 0.3 is 0 Å². The Morgan fingerprint density at radius 1 is 1.14 bits per heavy atom. The van der Waals surface area contributed by atoms with Crippen molar-refractivity contribution in [3.63, 3.8) is 0 Å². The number of piperazine rings is 1. The quantitative estimate of drug-likeness (QED) is 0.837. The van der Waals surface area contributed by atoms with Crippen LogP contribution in [-0.2, 0) is 10.0 Å². The number of hydrogen-bond acceptors (Lipinski definition) is 3. The number of rotatable bonds is 5. The molecule has 0 aromatic heterocycles. The first kappa shape index (κ1) is 15.0. The highest BCUT2D eigenvalue weighted by atomic mass is 32.2. The molecule has 116 valence electrons. The van der Waals surface area contributed by atoms with Crippen LogP contribution in [-0.4, -0.2) is 49.3 Å². The van der Waals surface area contributed by atoms with Gasteiger partial charge in [0.2, 0.25) is 10.0 Å². The summed E-state index contributed by atoms with van der Waals surface area (Å²) in [4.78, 5) is 2.90. The molecular weight excluding hydrogens is 284 g/mol. The predicted octanol–water partition coefficient (Wildman–Crippen LogP) is 2.24. The summed E-state index contributed by atoms with van der Waals surface area (Å²) in [6, 6.07) is 7.78. The Morgan fingerprint density at radius 2 is 1.86 bits per heavy atom. The maximum Gasteiger partial charge on any atom is 0.243 e. The summed E-state index contributed by atoms with van der Waals surface area (Å²) < 4.78 is 27.3. The Bertz CT molecular complexity index is 597. The van der Waals surface area contributed by atoms with Gasteiger partial charge in [-0.3, -0.25) is 4.90 Å². The van der Waals surface area contributed by atoms with Crippen LogP contribution in [0, 0.1) is 6.92 Å². The number of fused-ring (bicyclic) bond motifs is 2. The van der Waals surface area contributed by atoms with E-state index in [1.54, 1.807) is 16.4 Å². The van der Waals surface area contributed by atoms with E-state index in [2.05, 4.69) is 11.8 Å². The number of likely N-dealkylation sites (tertiary alicyclic amines) is 1. The predicted molar refractivity (Wildman–Crippen MR) is 83.7 cm³/mol. The second kappa shape index (κ2) is 5.71. The standard InChI is InChI=1S/C16H24N2O2S/c1-3-4-9-17-11-15-10-14(17)12-18(15)21(19,20)16-7-5-13(2)6-8-16/h5-8,14-15H,3-4,9-12H2,1-2H3/t14-,15-/m0/s1. The molecule has 4 nitrogen and oxygen atoms in total. The van der Waals surface area contributed by atoms with Gasteiger partial charge in [0, 0.05) is 25.2 Å². The summed E-state index contributed by atoms with van der Waals surface area (Å²) in [7, 11) is -3.32. The van der Waals surface area contributed by atoms with E-state index >= 15 is 0 Å². The first-order chi connectivity index (χ1) is 10.0. The monoisotopic (exact) mass is 308 g/mol. The molecule has 1 aromatic rings. The molecule has 0 aliphatic carbocycles. The van der Waals surface area contributed by atoms with Gasteiger partial charge in [0.15, 0.2) is 0 Å². The van der Waals surface area contributed by atoms with Crippen molar-refractivity contribution in [1.82, 2.24) is 9.21 Å². The molecule has 2 fully saturated rings. The van der Waals surface area contributed by atoms with E-state index in [0.717, 1.165) is 25.1 Å². The molecule has 0 spiro atoms. The average molecular weight is 308 g/mol. The molecule has 0 radical (unpaired) electrons. The number of sulfonamides is 1. The molecule has 21 heavy (non-hydrogen) atoms. The molecule has 2 aliphatic rings. The molecule has 2 heterocycles. The SMILES string of the molecule is CCCCN1C[C@@H]2C[C@H]1CN2S(=O)(=O)c1ccc(C)cc1. The Balaban J connectivity index is 1.74. The van der Waals surface area contributed by atoms with E-state index in [1.807, 2.05) is 19.1 Å². The summed E-state index contributed by atoms with van der Waals surface area (Å²) in [5.41, 5.74) is 1.09. The summed E-state index contributed by atoms with van der Waals surface area (Å²) in [6.07, 6.45) is 3.39. The second-order valence-corrected chi connectivity index (χ2v) is 8.17. The molecule has 5 heteroatoms. The summed E-state index contributed by atoms with van der Waals surface area (Å²) in [6.45, 7) is 6.83. The minimum Gasteiger partial charge on any atom is -0.297 e. The number of unbranched alkanes of at least 4 members (excludes halogenated alkanes) is 1. The highest BCUT2D eigenvalue weighted by Gasteiger charge is 2.47. The number of nitrogens with zero attached hydrogens (tertiary/aromatic N) is 2. The molecule has 0 unspecified atom stereocenters. The van der Waals surface area contributed by atoms with Gasteiger partial charge in [0.1, 0.15) is 0 Å². The third-order valence-electron chi connectivity index (χ3n) is 4.73. The van der Waals surface area contributed by atoms with Gasteiger partial charge < -0.3 is 0 Å². The summed E-state index contributed by atoms with van der Waals surface area (Å²) in [5, 5.41) is 0. The summed E-state index contributed by atoms with van der Waals surface area (Å²) in [5.74, 6) is 0. The lowest BCUT2D eigenvalue weighted by Crippen LogP contribution is -2.48. The van der Waals surface area contributed by atoms with Gasteiger partial charge in [-0.15, -0.1) is 0 Å². The second-order valence-electron chi connectivity index (χ2n) is 6.28. The zero-order valence-electron chi connectivity index (χ0n) is 12.8. The highest BCUT2D eigenvalue weighted by molar-refractivity contribution is 7.89. The van der Waals surface area contributed by atoms with Crippen LogP contribution in [0.5, 0.6) is 0 Å². The Morgan fingerprint density at radius 3 is 2.43 bits per heavy atom. The fourth-order valence-corrected chi connectivity index (χ4v) is 5.15. The molecule has 0 saturated carbocycles. The molecule has 2 aliphatic heterocycles. The lowest BCUT2D eigenvalue weighted by Gasteiger charge is -2.33. The van der Waals surface area contributed by atoms with E-state index < -0.39 is 10.0 Å². The van der Waals surface area contributed by atoms with Gasteiger partial charge in [-0.1, -0.05) is 31.0 Å². The zero-order chi connectivity index (χ0) is 15.0. The molecule has 2 atom stereocenters. The normalized spacial score (nSPS) is 26.6. The Kier molecular flexibility index (Phi) is 4.08. The molecule has 3 rings (SSSR count). The van der Waals surface area contributed by atoms with E-state index in [4.69, 9.17) is 0 Å². The minimum absolute atomic E-state index is 0.165. The van der Waals surface area contributed by atoms with Crippen molar-refractivity contribution in [2.45, 2.75) is 50.1 Å². The topological polar surface area (TPSA) is 40.6 Å². The van der Waals surface area contributed by atoms with Crippen molar-refractivity contribution >= 4 is 10.0 Å². The number of hydrogen-bond donors (Lipinski definition) is 0. The lowest BCUT2D eigenvalue weighted by molar-refractivity contribution is 0.179. The van der Waals surface area contributed by atoms with Gasteiger partial charge in [0.25, 0.3) is 0 Å². The van der Waals surface area contributed by atoms with Crippen LogP contribution in [0.2, 0.25) is 0 Å².